The molecule has 7 nitrogen and oxygen atoms in total. The molecule has 1 unspecified atom stereocenters. The van der Waals surface area contributed by atoms with Gasteiger partial charge in [0, 0.05) is 26.5 Å². The monoisotopic (exact) mass is 415 g/mol. The lowest BCUT2D eigenvalue weighted by Gasteiger charge is -2.35. The van der Waals surface area contributed by atoms with E-state index in [4.69, 9.17) is 9.15 Å². The maximum absolute atomic E-state index is 12.6. The van der Waals surface area contributed by atoms with E-state index in [0.29, 0.717) is 40.2 Å². The first-order valence-corrected chi connectivity index (χ1v) is 10.4. The van der Waals surface area contributed by atoms with E-state index in [1.54, 1.807) is 37.5 Å². The summed E-state index contributed by atoms with van der Waals surface area (Å²) in [6, 6.07) is 7.08. The molecule has 1 saturated heterocycles. The molecule has 1 fully saturated rings. The topological polar surface area (TPSA) is 97.5 Å². The van der Waals surface area contributed by atoms with Crippen molar-refractivity contribution in [1.82, 2.24) is 9.97 Å². The lowest BCUT2D eigenvalue weighted by Crippen LogP contribution is -2.35. The zero-order chi connectivity index (χ0) is 20.4. The first-order chi connectivity index (χ1) is 13.9. The van der Waals surface area contributed by atoms with Gasteiger partial charge < -0.3 is 14.3 Å². The van der Waals surface area contributed by atoms with Gasteiger partial charge in [-0.3, -0.25) is 15.1 Å². The van der Waals surface area contributed by atoms with Crippen molar-refractivity contribution >= 4 is 22.4 Å². The minimum Gasteiger partial charge on any atom is -0.463 e. The summed E-state index contributed by atoms with van der Waals surface area (Å²) >= 11 is 1.27. The zero-order valence-electron chi connectivity index (χ0n) is 16.3. The average molecular weight is 416 g/mol. The van der Waals surface area contributed by atoms with E-state index in [1.807, 2.05) is 6.92 Å². The summed E-state index contributed by atoms with van der Waals surface area (Å²) in [7, 11) is 0. The van der Waals surface area contributed by atoms with Gasteiger partial charge in [0.2, 0.25) is 0 Å². The molecule has 29 heavy (non-hydrogen) atoms. The number of pyridine rings is 1. The van der Waals surface area contributed by atoms with Gasteiger partial charge in [-0.25, -0.2) is 4.98 Å². The number of aromatic nitrogens is 2. The molecule has 3 aromatic rings. The number of aryl methyl sites for hydroxylation is 1. The largest absolute Gasteiger partial charge is 0.463 e. The maximum Gasteiger partial charge on any atom is 0.259 e. The molecule has 0 saturated carbocycles. The molecule has 1 amide bonds. The van der Waals surface area contributed by atoms with Gasteiger partial charge in [0.1, 0.15) is 11.3 Å². The van der Waals surface area contributed by atoms with Gasteiger partial charge >= 0.3 is 0 Å². The number of rotatable bonds is 5. The second kappa shape index (κ2) is 8.06. The Labute approximate surface area is 174 Å². The van der Waals surface area contributed by atoms with Gasteiger partial charge in [0.25, 0.3) is 5.91 Å². The molecule has 0 spiro atoms. The molecule has 0 radical (unpaired) electrons. The highest BCUT2D eigenvalue weighted by atomic mass is 32.1. The Hall–Kier alpha value is -2.55. The van der Waals surface area contributed by atoms with Crippen LogP contribution in [0.5, 0.6) is 0 Å². The molecule has 0 aliphatic carbocycles. The summed E-state index contributed by atoms with van der Waals surface area (Å²) in [5, 5.41) is 14.7. The van der Waals surface area contributed by atoms with Crippen LogP contribution in [0, 0.1) is 12.8 Å². The number of nitrogens with zero attached hydrogens (tertiary/aromatic N) is 2. The van der Waals surface area contributed by atoms with Gasteiger partial charge in [0.05, 0.1) is 16.7 Å². The van der Waals surface area contributed by atoms with E-state index in [2.05, 4.69) is 15.3 Å². The first-order valence-electron chi connectivity index (χ1n) is 9.54. The third-order valence-electron chi connectivity index (χ3n) is 5.25. The van der Waals surface area contributed by atoms with Crippen molar-refractivity contribution in [3.8, 4) is 11.5 Å². The molecule has 1 atom stereocenters. The minimum absolute atomic E-state index is 0. The Bertz CT molecular complexity index is 980. The third-order valence-corrected chi connectivity index (χ3v) is 6.45. The SMILES string of the molecule is Cc1ccc(C(=O)Nc2nc(-c3ccco3)c(C(C)(O)C3CCOCC3)s2)cn1.[HH]. The lowest BCUT2D eigenvalue weighted by atomic mass is 9.81. The van der Waals surface area contributed by atoms with E-state index in [0.717, 1.165) is 18.5 Å². The van der Waals surface area contributed by atoms with Crippen LogP contribution in [0.15, 0.2) is 41.1 Å². The van der Waals surface area contributed by atoms with E-state index in [1.165, 1.54) is 17.5 Å². The Morgan fingerprint density at radius 1 is 1.34 bits per heavy atom. The molecular formula is C21H25N3O4S. The molecular weight excluding hydrogens is 390 g/mol. The number of hydrogen-bond donors (Lipinski definition) is 2. The highest BCUT2D eigenvalue weighted by Crippen LogP contribution is 2.44. The Kier molecular flexibility index (Phi) is 5.49. The summed E-state index contributed by atoms with van der Waals surface area (Å²) in [6.07, 6.45) is 4.63. The van der Waals surface area contributed by atoms with Gasteiger partial charge in [-0.2, -0.15) is 0 Å². The number of anilines is 1. The predicted octanol–water partition coefficient (Wildman–Crippen LogP) is 4.24. The maximum atomic E-state index is 12.6. The standard InChI is InChI=1S/C21H23N3O4S.H2/c1-13-5-6-14(12-22-13)19(25)24-20-23-17(16-4-3-9-28-16)18(29-20)21(2,26)15-7-10-27-11-8-15;/h3-6,9,12,15,26H,7-8,10-11H2,1-2H3,(H,23,24,25);1H. The summed E-state index contributed by atoms with van der Waals surface area (Å²) in [5.41, 5.74) is 0.723. The number of furan rings is 1. The van der Waals surface area contributed by atoms with Crippen LogP contribution in [0.3, 0.4) is 0 Å². The van der Waals surface area contributed by atoms with Crippen LogP contribution in [0.4, 0.5) is 5.13 Å². The molecule has 1 aliphatic rings. The van der Waals surface area contributed by atoms with Gasteiger partial charge in [-0.05, 0) is 56.9 Å². The highest BCUT2D eigenvalue weighted by molar-refractivity contribution is 7.16. The van der Waals surface area contributed by atoms with E-state index in [-0.39, 0.29) is 13.3 Å². The van der Waals surface area contributed by atoms with Crippen LogP contribution in [0.2, 0.25) is 0 Å². The molecule has 154 valence electrons. The fourth-order valence-electron chi connectivity index (χ4n) is 3.51. The Balaban J connectivity index is 0.00000256. The smallest absolute Gasteiger partial charge is 0.259 e. The molecule has 8 heteroatoms. The number of carbonyl (C=O) groups is 1. The number of amides is 1. The number of carbonyl (C=O) groups excluding carboxylic acids is 1. The number of nitrogens with one attached hydrogen (secondary N) is 1. The van der Waals surface area contributed by atoms with Crippen molar-refractivity contribution < 1.29 is 20.5 Å². The highest BCUT2D eigenvalue weighted by Gasteiger charge is 2.39. The second-order valence-electron chi connectivity index (χ2n) is 7.35. The number of aliphatic hydroxyl groups is 1. The lowest BCUT2D eigenvalue weighted by molar-refractivity contribution is -0.0555. The van der Waals surface area contributed by atoms with Crippen LogP contribution in [-0.2, 0) is 10.3 Å². The second-order valence-corrected chi connectivity index (χ2v) is 8.35. The zero-order valence-corrected chi connectivity index (χ0v) is 17.2. The first kappa shape index (κ1) is 19.8. The van der Waals surface area contributed by atoms with Crippen molar-refractivity contribution in [1.29, 1.82) is 0 Å². The summed E-state index contributed by atoms with van der Waals surface area (Å²) in [6.45, 7) is 4.92. The molecule has 0 aromatic carbocycles. The van der Waals surface area contributed by atoms with Crippen LogP contribution < -0.4 is 5.32 Å². The van der Waals surface area contributed by atoms with Crippen LogP contribution in [0.25, 0.3) is 11.5 Å². The number of ether oxygens (including phenoxy) is 1. The molecule has 4 rings (SSSR count). The summed E-state index contributed by atoms with van der Waals surface area (Å²) < 4.78 is 11.0. The molecule has 3 aromatic heterocycles. The number of hydrogen-bond acceptors (Lipinski definition) is 7. The van der Waals surface area contributed by atoms with Crippen molar-refractivity contribution in [2.24, 2.45) is 5.92 Å². The van der Waals surface area contributed by atoms with Crippen molar-refractivity contribution in [3.63, 3.8) is 0 Å². The normalized spacial score (nSPS) is 17.1. The third kappa shape index (κ3) is 4.10. The summed E-state index contributed by atoms with van der Waals surface area (Å²) in [4.78, 5) is 22.0. The summed E-state index contributed by atoms with van der Waals surface area (Å²) in [5.74, 6) is 0.297. The van der Waals surface area contributed by atoms with Crippen molar-refractivity contribution in [2.75, 3.05) is 18.5 Å². The van der Waals surface area contributed by atoms with Gasteiger partial charge in [-0.15, -0.1) is 0 Å². The van der Waals surface area contributed by atoms with Gasteiger partial charge in [0.15, 0.2) is 10.9 Å². The van der Waals surface area contributed by atoms with Crippen LogP contribution >= 0.6 is 11.3 Å². The van der Waals surface area contributed by atoms with Gasteiger partial charge in [-0.1, -0.05) is 11.3 Å². The van der Waals surface area contributed by atoms with E-state index < -0.39 is 5.60 Å². The molecule has 1 aliphatic heterocycles. The minimum atomic E-state index is -1.11. The Morgan fingerprint density at radius 3 is 2.79 bits per heavy atom. The quantitative estimate of drug-likeness (QED) is 0.647. The fraction of sp³-hybridized carbons (Fsp3) is 0.381. The number of thiazole rings is 1. The van der Waals surface area contributed by atoms with Crippen LogP contribution in [0.1, 0.15) is 42.1 Å². The average Bonchev–Trinajstić information content (AvgIpc) is 3.39. The van der Waals surface area contributed by atoms with E-state index >= 15 is 0 Å². The fourth-order valence-corrected chi connectivity index (χ4v) is 4.60. The van der Waals surface area contributed by atoms with Crippen molar-refractivity contribution in [2.45, 2.75) is 32.3 Å². The molecule has 4 heterocycles. The van der Waals surface area contributed by atoms with E-state index in [9.17, 15) is 9.90 Å². The van der Waals surface area contributed by atoms with Crippen molar-refractivity contribution in [3.05, 3.63) is 52.9 Å². The molecule has 0 bridgehead atoms. The molecule has 2 N–H and O–H groups in total. The predicted molar refractivity (Wildman–Crippen MR) is 112 cm³/mol. The Morgan fingerprint density at radius 2 is 2.14 bits per heavy atom. The van der Waals surface area contributed by atoms with Crippen LogP contribution in [-0.4, -0.2) is 34.2 Å².